The zero-order valence-corrected chi connectivity index (χ0v) is 10.6. The van der Waals surface area contributed by atoms with E-state index in [4.69, 9.17) is 9.47 Å². The SMILES string of the molecule is CC(=O)OC[C@@H]1O[C@H](n2ccc(=O)[nH]c2=O)C(O)C1O. The van der Waals surface area contributed by atoms with Crippen LogP contribution in [0, 0.1) is 0 Å². The van der Waals surface area contributed by atoms with Crippen LogP contribution in [0.3, 0.4) is 0 Å². The molecular formula is C11H14N2O7. The van der Waals surface area contributed by atoms with Gasteiger partial charge in [0.25, 0.3) is 5.56 Å². The lowest BCUT2D eigenvalue weighted by Gasteiger charge is -2.16. The van der Waals surface area contributed by atoms with Crippen molar-refractivity contribution in [3.05, 3.63) is 33.1 Å². The number of rotatable bonds is 3. The van der Waals surface area contributed by atoms with Gasteiger partial charge in [0.05, 0.1) is 0 Å². The number of nitrogens with one attached hydrogen (secondary N) is 1. The maximum absolute atomic E-state index is 11.6. The van der Waals surface area contributed by atoms with Crippen LogP contribution in [0.5, 0.6) is 0 Å². The maximum Gasteiger partial charge on any atom is 0.330 e. The van der Waals surface area contributed by atoms with Crippen LogP contribution >= 0.6 is 0 Å². The summed E-state index contributed by atoms with van der Waals surface area (Å²) in [6.07, 6.45) is -3.69. The highest BCUT2D eigenvalue weighted by molar-refractivity contribution is 5.65. The minimum absolute atomic E-state index is 0.248. The molecule has 1 aromatic heterocycles. The van der Waals surface area contributed by atoms with E-state index < -0.39 is 41.8 Å². The van der Waals surface area contributed by atoms with E-state index in [2.05, 4.69) is 0 Å². The van der Waals surface area contributed by atoms with Crippen molar-refractivity contribution in [2.75, 3.05) is 6.61 Å². The van der Waals surface area contributed by atoms with Gasteiger partial charge in [0.1, 0.15) is 24.9 Å². The van der Waals surface area contributed by atoms with Crippen molar-refractivity contribution in [2.45, 2.75) is 31.5 Å². The van der Waals surface area contributed by atoms with Gasteiger partial charge in [-0.2, -0.15) is 0 Å². The van der Waals surface area contributed by atoms with Crippen molar-refractivity contribution in [1.82, 2.24) is 9.55 Å². The third kappa shape index (κ3) is 2.79. The van der Waals surface area contributed by atoms with Gasteiger partial charge in [-0.15, -0.1) is 0 Å². The predicted molar refractivity (Wildman–Crippen MR) is 63.9 cm³/mol. The number of carbonyl (C=O) groups excluding carboxylic acids is 1. The third-order valence-corrected chi connectivity index (χ3v) is 2.91. The molecule has 2 rings (SSSR count). The van der Waals surface area contributed by atoms with E-state index in [1.165, 1.54) is 6.92 Å². The van der Waals surface area contributed by atoms with E-state index in [0.29, 0.717) is 0 Å². The molecule has 0 bridgehead atoms. The summed E-state index contributed by atoms with van der Waals surface area (Å²) in [5.74, 6) is -0.556. The van der Waals surface area contributed by atoms with E-state index in [0.717, 1.165) is 16.8 Å². The van der Waals surface area contributed by atoms with Crippen LogP contribution in [-0.2, 0) is 14.3 Å². The molecule has 9 nitrogen and oxygen atoms in total. The normalized spacial score (nSPS) is 29.4. The van der Waals surface area contributed by atoms with E-state index in [9.17, 15) is 24.6 Å². The number of carbonyl (C=O) groups is 1. The van der Waals surface area contributed by atoms with Crippen LogP contribution in [-0.4, -0.2) is 50.7 Å². The summed E-state index contributed by atoms with van der Waals surface area (Å²) in [6, 6.07) is 1.09. The Morgan fingerprint density at radius 1 is 1.45 bits per heavy atom. The molecule has 0 aliphatic carbocycles. The van der Waals surface area contributed by atoms with Crippen molar-refractivity contribution in [1.29, 1.82) is 0 Å². The molecule has 1 aromatic rings. The summed E-state index contributed by atoms with van der Waals surface area (Å²) in [5.41, 5.74) is -1.36. The van der Waals surface area contributed by atoms with E-state index in [1.54, 1.807) is 0 Å². The molecule has 2 heterocycles. The molecule has 0 spiro atoms. The Morgan fingerprint density at radius 3 is 2.75 bits per heavy atom. The van der Waals surface area contributed by atoms with Crippen LogP contribution in [0.25, 0.3) is 0 Å². The highest BCUT2D eigenvalue weighted by Crippen LogP contribution is 2.28. The molecule has 1 fully saturated rings. The highest BCUT2D eigenvalue weighted by Gasteiger charge is 2.44. The monoisotopic (exact) mass is 286 g/mol. The van der Waals surface area contributed by atoms with Crippen molar-refractivity contribution >= 4 is 5.97 Å². The lowest BCUT2D eigenvalue weighted by molar-refractivity contribution is -0.147. The molecule has 0 amide bonds. The standard InChI is InChI=1S/C11H14N2O7/c1-5(14)19-4-6-8(16)9(17)10(20-6)13-3-2-7(15)12-11(13)18/h2-3,6,8-10,16-17H,4H2,1H3,(H,12,15,18)/t6-,8?,9?,10-/m0/s1. The van der Waals surface area contributed by atoms with Crippen molar-refractivity contribution in [2.24, 2.45) is 0 Å². The van der Waals surface area contributed by atoms with Gasteiger partial charge in [-0.05, 0) is 0 Å². The number of aromatic nitrogens is 2. The number of nitrogens with zero attached hydrogens (tertiary/aromatic N) is 1. The lowest BCUT2D eigenvalue weighted by Crippen LogP contribution is -2.37. The number of hydrogen-bond donors (Lipinski definition) is 3. The number of esters is 1. The van der Waals surface area contributed by atoms with Gasteiger partial charge in [-0.25, -0.2) is 4.79 Å². The predicted octanol–water partition coefficient (Wildman–Crippen LogP) is -2.28. The summed E-state index contributed by atoms with van der Waals surface area (Å²) >= 11 is 0. The molecule has 1 aliphatic rings. The van der Waals surface area contributed by atoms with Gasteiger partial charge in [-0.3, -0.25) is 19.1 Å². The topological polar surface area (TPSA) is 131 Å². The van der Waals surface area contributed by atoms with Crippen molar-refractivity contribution < 1.29 is 24.5 Å². The van der Waals surface area contributed by atoms with Gasteiger partial charge < -0.3 is 19.7 Å². The first-order valence-corrected chi connectivity index (χ1v) is 5.86. The van der Waals surface area contributed by atoms with Crippen LogP contribution in [0.4, 0.5) is 0 Å². The first kappa shape index (κ1) is 14.4. The Morgan fingerprint density at radius 2 is 2.15 bits per heavy atom. The molecule has 2 unspecified atom stereocenters. The zero-order valence-electron chi connectivity index (χ0n) is 10.6. The van der Waals surface area contributed by atoms with Gasteiger partial charge >= 0.3 is 11.7 Å². The fraction of sp³-hybridized carbons (Fsp3) is 0.545. The average molecular weight is 286 g/mol. The summed E-state index contributed by atoms with van der Waals surface area (Å²) in [7, 11) is 0. The molecule has 9 heteroatoms. The quantitative estimate of drug-likeness (QED) is 0.533. The van der Waals surface area contributed by atoms with E-state index >= 15 is 0 Å². The van der Waals surface area contributed by atoms with Gasteiger partial charge in [-0.1, -0.05) is 0 Å². The second-order valence-corrected chi connectivity index (χ2v) is 4.37. The molecule has 3 N–H and O–H groups in total. The summed E-state index contributed by atoms with van der Waals surface area (Å²) in [4.78, 5) is 35.3. The molecule has 1 saturated heterocycles. The maximum atomic E-state index is 11.6. The zero-order chi connectivity index (χ0) is 14.9. The smallest absolute Gasteiger partial charge is 0.330 e. The Bertz CT molecular complexity index is 607. The lowest BCUT2D eigenvalue weighted by atomic mass is 10.1. The molecule has 20 heavy (non-hydrogen) atoms. The third-order valence-electron chi connectivity index (χ3n) is 2.91. The fourth-order valence-electron chi connectivity index (χ4n) is 1.92. The van der Waals surface area contributed by atoms with Gasteiger partial charge in [0, 0.05) is 19.2 Å². The number of aliphatic hydroxyl groups excluding tert-OH is 2. The van der Waals surface area contributed by atoms with Gasteiger partial charge in [0.2, 0.25) is 0 Å². The molecule has 110 valence electrons. The van der Waals surface area contributed by atoms with Gasteiger partial charge in [0.15, 0.2) is 6.23 Å². The van der Waals surface area contributed by atoms with E-state index in [-0.39, 0.29) is 6.61 Å². The summed E-state index contributed by atoms with van der Waals surface area (Å²) in [5, 5.41) is 19.7. The number of hydrogen-bond acceptors (Lipinski definition) is 7. The average Bonchev–Trinajstić information content (AvgIpc) is 2.64. The Labute approximate surface area is 112 Å². The van der Waals surface area contributed by atoms with Crippen LogP contribution in [0.2, 0.25) is 0 Å². The largest absolute Gasteiger partial charge is 0.463 e. The van der Waals surface area contributed by atoms with Crippen LogP contribution < -0.4 is 11.2 Å². The Kier molecular flexibility index (Phi) is 4.02. The summed E-state index contributed by atoms with van der Waals surface area (Å²) < 4.78 is 11.0. The minimum Gasteiger partial charge on any atom is -0.463 e. The molecule has 1 aliphatic heterocycles. The first-order chi connectivity index (χ1) is 9.40. The molecule has 0 radical (unpaired) electrons. The fourth-order valence-corrected chi connectivity index (χ4v) is 1.92. The second-order valence-electron chi connectivity index (χ2n) is 4.37. The highest BCUT2D eigenvalue weighted by atomic mass is 16.6. The van der Waals surface area contributed by atoms with Crippen molar-refractivity contribution in [3.63, 3.8) is 0 Å². The van der Waals surface area contributed by atoms with Crippen LogP contribution in [0.1, 0.15) is 13.2 Å². The number of aromatic amines is 1. The first-order valence-electron chi connectivity index (χ1n) is 5.86. The Balaban J connectivity index is 2.19. The molecule has 0 saturated carbocycles. The second kappa shape index (κ2) is 5.57. The van der Waals surface area contributed by atoms with Crippen LogP contribution in [0.15, 0.2) is 21.9 Å². The molecule has 0 aromatic carbocycles. The number of H-pyrrole nitrogens is 1. The van der Waals surface area contributed by atoms with E-state index in [1.807, 2.05) is 4.98 Å². The molecular weight excluding hydrogens is 272 g/mol. The number of ether oxygens (including phenoxy) is 2. The summed E-state index contributed by atoms with van der Waals surface area (Å²) in [6.45, 7) is 0.948. The number of aliphatic hydroxyl groups is 2. The Hall–Kier alpha value is -1.97. The minimum atomic E-state index is -1.39. The molecule has 4 atom stereocenters. The van der Waals surface area contributed by atoms with Crippen molar-refractivity contribution in [3.8, 4) is 0 Å².